The summed E-state index contributed by atoms with van der Waals surface area (Å²) in [6.07, 6.45) is 7.59. The van der Waals surface area contributed by atoms with Crippen LogP contribution in [0.25, 0.3) is 0 Å². The third-order valence-electron chi connectivity index (χ3n) is 3.68. The molecule has 21 heavy (non-hydrogen) atoms. The lowest BCUT2D eigenvalue weighted by Crippen LogP contribution is -2.38. The van der Waals surface area contributed by atoms with Gasteiger partial charge in [0.15, 0.2) is 0 Å². The molecule has 1 aromatic rings. The van der Waals surface area contributed by atoms with E-state index in [0.717, 1.165) is 25.7 Å². The number of aromatic nitrogens is 1. The summed E-state index contributed by atoms with van der Waals surface area (Å²) in [6.45, 7) is 0. The fourth-order valence-electron chi connectivity index (χ4n) is 2.51. The van der Waals surface area contributed by atoms with Crippen molar-refractivity contribution in [2.45, 2.75) is 41.9 Å². The second-order valence-corrected chi connectivity index (χ2v) is 8.82. The van der Waals surface area contributed by atoms with E-state index >= 15 is 0 Å². The Balaban J connectivity index is 2.14. The van der Waals surface area contributed by atoms with Crippen LogP contribution < -0.4 is 10.0 Å². The highest BCUT2D eigenvalue weighted by Gasteiger charge is 2.27. The lowest BCUT2D eigenvalue weighted by molar-refractivity contribution is 0.420. The molecular formula is C13H20BrN3O2S2. The van der Waals surface area contributed by atoms with Crippen LogP contribution in [0.4, 0.5) is 5.82 Å². The molecule has 2 N–H and O–H groups in total. The minimum absolute atomic E-state index is 0.0158. The number of nitrogens with one attached hydrogen (secondary N) is 2. The molecule has 1 heterocycles. The van der Waals surface area contributed by atoms with Crippen molar-refractivity contribution in [2.75, 3.05) is 18.6 Å². The maximum atomic E-state index is 12.6. The van der Waals surface area contributed by atoms with Gasteiger partial charge in [0.05, 0.1) is 0 Å². The molecule has 5 nitrogen and oxygen atoms in total. The Morgan fingerprint density at radius 1 is 1.33 bits per heavy atom. The molecule has 1 saturated carbocycles. The van der Waals surface area contributed by atoms with Crippen molar-refractivity contribution in [1.82, 2.24) is 9.71 Å². The van der Waals surface area contributed by atoms with Gasteiger partial charge in [-0.2, -0.15) is 11.8 Å². The highest BCUT2D eigenvalue weighted by molar-refractivity contribution is 9.10. The van der Waals surface area contributed by atoms with E-state index in [1.165, 1.54) is 0 Å². The number of sulfonamides is 1. The molecule has 0 atom stereocenters. The van der Waals surface area contributed by atoms with Crippen molar-refractivity contribution < 1.29 is 8.42 Å². The van der Waals surface area contributed by atoms with Gasteiger partial charge in [-0.25, -0.2) is 18.1 Å². The minimum Gasteiger partial charge on any atom is -0.372 e. The molecule has 2 rings (SSSR count). The SMILES string of the molecule is CNc1ncc(Br)cc1S(=O)(=O)NC1CCC(SC)CC1. The van der Waals surface area contributed by atoms with Gasteiger partial charge in [-0.05, 0) is 53.9 Å². The molecule has 0 radical (unpaired) electrons. The molecule has 0 aromatic carbocycles. The van der Waals surface area contributed by atoms with Crippen LogP contribution in [0, 0.1) is 0 Å². The van der Waals surface area contributed by atoms with Crippen molar-refractivity contribution in [3.63, 3.8) is 0 Å². The molecule has 0 unspecified atom stereocenters. The number of nitrogens with zero attached hydrogens (tertiary/aromatic N) is 1. The van der Waals surface area contributed by atoms with Crippen LogP contribution >= 0.6 is 27.7 Å². The second kappa shape index (κ2) is 7.30. The lowest BCUT2D eigenvalue weighted by Gasteiger charge is -2.28. The second-order valence-electron chi connectivity index (χ2n) is 5.08. The Labute approximate surface area is 138 Å². The van der Waals surface area contributed by atoms with Gasteiger partial charge in [0.25, 0.3) is 0 Å². The maximum absolute atomic E-state index is 12.6. The van der Waals surface area contributed by atoms with Gasteiger partial charge in [-0.15, -0.1) is 0 Å². The van der Waals surface area contributed by atoms with Crippen LogP contribution in [0.2, 0.25) is 0 Å². The summed E-state index contributed by atoms with van der Waals surface area (Å²) in [7, 11) is -1.90. The van der Waals surface area contributed by atoms with Gasteiger partial charge >= 0.3 is 0 Å². The fraction of sp³-hybridized carbons (Fsp3) is 0.615. The first-order valence-corrected chi connectivity index (χ1v) is 10.4. The Bertz CT molecular complexity index is 587. The van der Waals surface area contributed by atoms with E-state index in [-0.39, 0.29) is 10.9 Å². The average Bonchev–Trinajstić information content (AvgIpc) is 2.47. The number of rotatable bonds is 5. The van der Waals surface area contributed by atoms with E-state index in [4.69, 9.17) is 0 Å². The van der Waals surface area contributed by atoms with Crippen LogP contribution in [-0.4, -0.2) is 38.0 Å². The van der Waals surface area contributed by atoms with Crippen LogP contribution in [0.5, 0.6) is 0 Å². The summed E-state index contributed by atoms with van der Waals surface area (Å²) >= 11 is 5.14. The van der Waals surface area contributed by atoms with E-state index in [1.807, 2.05) is 11.8 Å². The molecule has 0 bridgehead atoms. The number of hydrogen-bond acceptors (Lipinski definition) is 5. The van der Waals surface area contributed by atoms with Crippen LogP contribution in [0.3, 0.4) is 0 Å². The molecule has 8 heteroatoms. The highest BCUT2D eigenvalue weighted by atomic mass is 79.9. The first-order valence-electron chi connectivity index (χ1n) is 6.84. The molecule has 0 aliphatic heterocycles. The van der Waals surface area contributed by atoms with E-state index in [2.05, 4.69) is 37.2 Å². The molecule has 118 valence electrons. The zero-order valence-corrected chi connectivity index (χ0v) is 15.3. The summed E-state index contributed by atoms with van der Waals surface area (Å²) in [6, 6.07) is 1.59. The Morgan fingerprint density at radius 2 is 2.00 bits per heavy atom. The first-order chi connectivity index (χ1) is 9.96. The van der Waals surface area contributed by atoms with Crippen LogP contribution in [-0.2, 0) is 10.0 Å². The molecule has 1 aliphatic carbocycles. The van der Waals surface area contributed by atoms with Crippen molar-refractivity contribution >= 4 is 43.5 Å². The topological polar surface area (TPSA) is 71.1 Å². The van der Waals surface area contributed by atoms with Gasteiger partial charge in [-0.3, -0.25) is 0 Å². The zero-order valence-electron chi connectivity index (χ0n) is 12.1. The average molecular weight is 394 g/mol. The number of pyridine rings is 1. The maximum Gasteiger partial charge on any atom is 0.244 e. The molecule has 0 spiro atoms. The molecule has 1 aromatic heterocycles. The molecule has 0 amide bonds. The van der Waals surface area contributed by atoms with Gasteiger partial charge in [0.1, 0.15) is 10.7 Å². The van der Waals surface area contributed by atoms with E-state index in [1.54, 1.807) is 19.3 Å². The van der Waals surface area contributed by atoms with Crippen molar-refractivity contribution in [2.24, 2.45) is 0 Å². The third-order valence-corrected chi connectivity index (χ3v) is 6.78. The number of thioether (sulfide) groups is 1. The monoisotopic (exact) mass is 393 g/mol. The summed E-state index contributed by atoms with van der Waals surface area (Å²) in [5.41, 5.74) is 0. The third kappa shape index (κ3) is 4.34. The Kier molecular flexibility index (Phi) is 5.93. The molecular weight excluding hydrogens is 374 g/mol. The molecule has 1 fully saturated rings. The quantitative estimate of drug-likeness (QED) is 0.804. The summed E-state index contributed by atoms with van der Waals surface area (Å²) in [4.78, 5) is 4.29. The van der Waals surface area contributed by atoms with Gasteiger partial charge < -0.3 is 5.32 Å². The lowest BCUT2D eigenvalue weighted by atomic mass is 9.96. The minimum atomic E-state index is -3.56. The summed E-state index contributed by atoms with van der Waals surface area (Å²) in [5, 5.41) is 3.49. The smallest absolute Gasteiger partial charge is 0.244 e. The van der Waals surface area contributed by atoms with Gasteiger partial charge in [0, 0.05) is 29.0 Å². The Hall–Kier alpha value is -0.310. The first kappa shape index (κ1) is 17.1. The summed E-state index contributed by atoms with van der Waals surface area (Å²) in [5.74, 6) is 0.364. The Morgan fingerprint density at radius 3 is 2.57 bits per heavy atom. The molecule has 1 aliphatic rings. The van der Waals surface area contributed by atoms with Crippen molar-refractivity contribution in [1.29, 1.82) is 0 Å². The predicted molar refractivity (Wildman–Crippen MR) is 91.4 cm³/mol. The van der Waals surface area contributed by atoms with E-state index < -0.39 is 10.0 Å². The molecule has 0 saturated heterocycles. The zero-order chi connectivity index (χ0) is 15.5. The van der Waals surface area contributed by atoms with E-state index in [9.17, 15) is 8.42 Å². The van der Waals surface area contributed by atoms with Gasteiger partial charge in [0.2, 0.25) is 10.0 Å². The van der Waals surface area contributed by atoms with Gasteiger partial charge in [-0.1, -0.05) is 0 Å². The van der Waals surface area contributed by atoms with Crippen molar-refractivity contribution in [3.8, 4) is 0 Å². The number of hydrogen-bond donors (Lipinski definition) is 2. The standard InChI is InChI=1S/C13H20BrN3O2S2/c1-15-13-12(7-9(14)8-16-13)21(18,19)17-10-3-5-11(20-2)6-4-10/h7-8,10-11,17H,3-6H2,1-2H3,(H,15,16). The number of anilines is 1. The summed E-state index contributed by atoms with van der Waals surface area (Å²) < 4.78 is 28.6. The van der Waals surface area contributed by atoms with Crippen LogP contribution in [0.15, 0.2) is 21.6 Å². The predicted octanol–water partition coefficient (Wildman–Crippen LogP) is 2.84. The fourth-order valence-corrected chi connectivity index (χ4v) is 5.23. The number of halogens is 1. The van der Waals surface area contributed by atoms with E-state index in [0.29, 0.717) is 15.5 Å². The van der Waals surface area contributed by atoms with Crippen LogP contribution in [0.1, 0.15) is 25.7 Å². The highest BCUT2D eigenvalue weighted by Crippen LogP contribution is 2.29. The van der Waals surface area contributed by atoms with Crippen molar-refractivity contribution in [3.05, 3.63) is 16.7 Å². The normalized spacial score (nSPS) is 23.0. The largest absolute Gasteiger partial charge is 0.372 e.